The largest absolute Gasteiger partial charge is 0.481 e. The number of hydrogen-bond acceptors (Lipinski definition) is 3. The van der Waals surface area contributed by atoms with Gasteiger partial charge in [0, 0.05) is 5.92 Å². The molecule has 4 aromatic rings. The summed E-state index contributed by atoms with van der Waals surface area (Å²) in [5.74, 6) is -2.55. The van der Waals surface area contributed by atoms with Crippen LogP contribution in [0.5, 0.6) is 0 Å². The van der Waals surface area contributed by atoms with Gasteiger partial charge in [0.2, 0.25) is 0 Å². The molecule has 4 heteroatoms. The highest BCUT2D eigenvalue weighted by Crippen LogP contribution is 2.44. The third-order valence-electron chi connectivity index (χ3n) is 6.24. The van der Waals surface area contributed by atoms with E-state index >= 15 is 0 Å². The number of carbonyl (C=O) groups excluding carboxylic acids is 1. The standard InChI is InChI=1S/C28H22O4/c29-27(16-25(28(30)31)20-15-7-9-18-8-1-2-10-19(18)20)32-17-26-23-13-5-3-11-21(23)22-12-4-6-14-24(22)26/h1-15,25-26H,16-17H2,(H,30,31). The molecule has 0 saturated carbocycles. The Morgan fingerprint density at radius 1 is 0.781 bits per heavy atom. The fourth-order valence-electron chi connectivity index (χ4n) is 4.73. The second kappa shape index (κ2) is 8.31. The number of carbonyl (C=O) groups is 2. The minimum atomic E-state index is -1.03. The molecule has 1 aliphatic carbocycles. The quantitative estimate of drug-likeness (QED) is 0.402. The van der Waals surface area contributed by atoms with Crippen molar-refractivity contribution in [2.75, 3.05) is 6.61 Å². The SMILES string of the molecule is O=C(CC(C(=O)O)c1cccc2ccccc12)OCC1c2ccccc2-c2ccccc21. The lowest BCUT2D eigenvalue weighted by atomic mass is 9.91. The van der Waals surface area contributed by atoms with Gasteiger partial charge in [0.15, 0.2) is 0 Å². The maximum atomic E-state index is 12.8. The van der Waals surface area contributed by atoms with Crippen molar-refractivity contribution in [1.82, 2.24) is 0 Å². The molecule has 0 bridgehead atoms. The number of ether oxygens (including phenoxy) is 1. The van der Waals surface area contributed by atoms with E-state index in [0.717, 1.165) is 33.0 Å². The van der Waals surface area contributed by atoms with E-state index in [0.29, 0.717) is 5.56 Å². The summed E-state index contributed by atoms with van der Waals surface area (Å²) in [6.45, 7) is 0.189. The van der Waals surface area contributed by atoms with Crippen LogP contribution in [0.4, 0.5) is 0 Å². The Hall–Kier alpha value is -3.92. The monoisotopic (exact) mass is 422 g/mol. The average Bonchev–Trinajstić information content (AvgIpc) is 3.14. The van der Waals surface area contributed by atoms with Gasteiger partial charge in [-0.05, 0) is 38.6 Å². The number of rotatable bonds is 6. The second-order valence-corrected chi connectivity index (χ2v) is 8.07. The fourth-order valence-corrected chi connectivity index (χ4v) is 4.73. The van der Waals surface area contributed by atoms with Gasteiger partial charge in [-0.1, -0.05) is 91.0 Å². The molecule has 0 saturated heterocycles. The van der Waals surface area contributed by atoms with Crippen LogP contribution in [0.15, 0.2) is 91.0 Å². The Morgan fingerprint density at radius 2 is 1.38 bits per heavy atom. The minimum Gasteiger partial charge on any atom is -0.481 e. The molecule has 0 amide bonds. The number of benzene rings is 4. The molecule has 0 spiro atoms. The molecular weight excluding hydrogens is 400 g/mol. The first-order chi connectivity index (χ1) is 15.6. The Bertz CT molecular complexity index is 1270. The first-order valence-electron chi connectivity index (χ1n) is 10.7. The summed E-state index contributed by atoms with van der Waals surface area (Å²) in [4.78, 5) is 24.8. The van der Waals surface area contributed by atoms with Crippen LogP contribution in [0.2, 0.25) is 0 Å². The molecule has 158 valence electrons. The van der Waals surface area contributed by atoms with Crippen LogP contribution in [0, 0.1) is 0 Å². The zero-order valence-corrected chi connectivity index (χ0v) is 17.4. The molecule has 0 radical (unpaired) electrons. The zero-order chi connectivity index (χ0) is 22.1. The fraction of sp³-hybridized carbons (Fsp3) is 0.143. The Balaban J connectivity index is 1.36. The molecular formula is C28H22O4. The van der Waals surface area contributed by atoms with Crippen LogP contribution in [-0.4, -0.2) is 23.7 Å². The topological polar surface area (TPSA) is 63.6 Å². The number of carboxylic acid groups (broad SMARTS) is 1. The molecule has 0 aromatic heterocycles. The predicted molar refractivity (Wildman–Crippen MR) is 124 cm³/mol. The van der Waals surface area contributed by atoms with Crippen LogP contribution in [0.25, 0.3) is 21.9 Å². The van der Waals surface area contributed by atoms with Gasteiger partial charge in [-0.2, -0.15) is 0 Å². The lowest BCUT2D eigenvalue weighted by molar-refractivity contribution is -0.149. The molecule has 5 rings (SSSR count). The first kappa shape index (κ1) is 20.0. The highest BCUT2D eigenvalue weighted by Gasteiger charge is 2.30. The molecule has 0 aliphatic heterocycles. The third-order valence-corrected chi connectivity index (χ3v) is 6.24. The van der Waals surface area contributed by atoms with Gasteiger partial charge in [0.05, 0.1) is 12.3 Å². The summed E-state index contributed by atoms with van der Waals surface area (Å²) in [6.07, 6.45) is -0.209. The van der Waals surface area contributed by atoms with Gasteiger partial charge in [-0.15, -0.1) is 0 Å². The van der Waals surface area contributed by atoms with Crippen LogP contribution >= 0.6 is 0 Å². The first-order valence-corrected chi connectivity index (χ1v) is 10.7. The molecule has 1 aliphatic rings. The van der Waals surface area contributed by atoms with E-state index in [9.17, 15) is 14.7 Å². The maximum absolute atomic E-state index is 12.8. The van der Waals surface area contributed by atoms with Gasteiger partial charge in [-0.25, -0.2) is 0 Å². The lowest BCUT2D eigenvalue weighted by Gasteiger charge is -2.17. The summed E-state index contributed by atoms with van der Waals surface area (Å²) in [7, 11) is 0. The van der Waals surface area contributed by atoms with Crippen LogP contribution in [0.3, 0.4) is 0 Å². The predicted octanol–water partition coefficient (Wildman–Crippen LogP) is 5.75. The molecule has 1 unspecified atom stereocenters. The maximum Gasteiger partial charge on any atom is 0.311 e. The molecule has 4 nitrogen and oxygen atoms in total. The van der Waals surface area contributed by atoms with Crippen LogP contribution in [0.1, 0.15) is 34.9 Å². The van der Waals surface area contributed by atoms with Crippen LogP contribution in [-0.2, 0) is 14.3 Å². The van der Waals surface area contributed by atoms with E-state index in [-0.39, 0.29) is 18.9 Å². The number of fused-ring (bicyclic) bond motifs is 4. The van der Waals surface area contributed by atoms with Crippen molar-refractivity contribution in [3.8, 4) is 11.1 Å². The van der Waals surface area contributed by atoms with Gasteiger partial charge in [-0.3, -0.25) is 9.59 Å². The second-order valence-electron chi connectivity index (χ2n) is 8.07. The minimum absolute atomic E-state index is 0.0489. The molecule has 4 aromatic carbocycles. The smallest absolute Gasteiger partial charge is 0.311 e. The van der Waals surface area contributed by atoms with Gasteiger partial charge < -0.3 is 9.84 Å². The van der Waals surface area contributed by atoms with Gasteiger partial charge in [0.1, 0.15) is 6.61 Å². The van der Waals surface area contributed by atoms with Crippen molar-refractivity contribution in [3.05, 3.63) is 108 Å². The lowest BCUT2D eigenvalue weighted by Crippen LogP contribution is -2.20. The highest BCUT2D eigenvalue weighted by atomic mass is 16.5. The Kier molecular flexibility index (Phi) is 5.20. The van der Waals surface area contributed by atoms with E-state index in [2.05, 4.69) is 24.3 Å². The van der Waals surface area contributed by atoms with Gasteiger partial charge >= 0.3 is 11.9 Å². The number of aliphatic carboxylic acids is 1. The number of esters is 1. The van der Waals surface area contributed by atoms with E-state index in [1.165, 1.54) is 0 Å². The number of hydrogen-bond donors (Lipinski definition) is 1. The normalized spacial score (nSPS) is 13.4. The summed E-state index contributed by atoms with van der Waals surface area (Å²) < 4.78 is 5.65. The summed E-state index contributed by atoms with van der Waals surface area (Å²) in [5, 5.41) is 11.7. The molecule has 0 fully saturated rings. The summed E-state index contributed by atoms with van der Waals surface area (Å²) >= 11 is 0. The van der Waals surface area contributed by atoms with E-state index in [4.69, 9.17) is 4.74 Å². The van der Waals surface area contributed by atoms with Crippen molar-refractivity contribution in [1.29, 1.82) is 0 Å². The molecule has 0 heterocycles. The van der Waals surface area contributed by atoms with Crippen molar-refractivity contribution >= 4 is 22.7 Å². The summed E-state index contributed by atoms with van der Waals surface area (Å²) in [5.41, 5.74) is 5.20. The number of carboxylic acids is 1. The van der Waals surface area contributed by atoms with Crippen molar-refractivity contribution < 1.29 is 19.4 Å². The van der Waals surface area contributed by atoms with E-state index in [1.54, 1.807) is 6.07 Å². The third kappa shape index (κ3) is 3.54. The summed E-state index contributed by atoms with van der Waals surface area (Å²) in [6, 6.07) is 29.4. The van der Waals surface area contributed by atoms with E-state index < -0.39 is 17.9 Å². The Morgan fingerprint density at radius 3 is 2.06 bits per heavy atom. The van der Waals surface area contributed by atoms with Crippen LogP contribution < -0.4 is 0 Å². The average molecular weight is 422 g/mol. The zero-order valence-electron chi connectivity index (χ0n) is 17.4. The van der Waals surface area contributed by atoms with Crippen molar-refractivity contribution in [2.24, 2.45) is 0 Å². The highest BCUT2D eigenvalue weighted by molar-refractivity contribution is 5.92. The molecule has 32 heavy (non-hydrogen) atoms. The van der Waals surface area contributed by atoms with Crippen molar-refractivity contribution in [3.63, 3.8) is 0 Å². The molecule has 1 N–H and O–H groups in total. The van der Waals surface area contributed by atoms with Crippen molar-refractivity contribution in [2.45, 2.75) is 18.3 Å². The van der Waals surface area contributed by atoms with E-state index in [1.807, 2.05) is 60.7 Å². The Labute approximate surface area is 186 Å². The van der Waals surface area contributed by atoms with Gasteiger partial charge in [0.25, 0.3) is 0 Å². The molecule has 1 atom stereocenters.